The van der Waals surface area contributed by atoms with Crippen LogP contribution in [0.15, 0.2) is 30.3 Å². The number of benzene rings is 1. The molecule has 4 heteroatoms. The molecule has 0 heterocycles. The lowest BCUT2D eigenvalue weighted by atomic mass is 10.1. The third-order valence-electron chi connectivity index (χ3n) is 2.39. The van der Waals surface area contributed by atoms with Gasteiger partial charge in [-0.05, 0) is 18.9 Å². The van der Waals surface area contributed by atoms with Gasteiger partial charge in [-0.25, -0.2) is 0 Å². The molecule has 0 spiro atoms. The summed E-state index contributed by atoms with van der Waals surface area (Å²) in [7, 11) is 0. The van der Waals surface area contributed by atoms with Crippen LogP contribution in [0.1, 0.15) is 31.9 Å². The summed E-state index contributed by atoms with van der Waals surface area (Å²) in [6.07, 6.45) is 0.813. The highest BCUT2D eigenvalue weighted by molar-refractivity contribution is 6.35. The molecule has 1 aromatic carbocycles. The standard InChI is InChI=1S/C13H18N2O2/c1-3-9-14-12(16)13(17)15-10(2)11-7-5-4-6-8-11/h4-8,10H,3,9H2,1-2H3,(H,14,16)(H,15,17)/t10-/m1/s1. The maximum absolute atomic E-state index is 11.5. The van der Waals surface area contributed by atoms with E-state index in [4.69, 9.17) is 0 Å². The fraction of sp³-hybridized carbons (Fsp3) is 0.385. The second-order valence-corrected chi connectivity index (χ2v) is 3.86. The van der Waals surface area contributed by atoms with Crippen molar-refractivity contribution < 1.29 is 9.59 Å². The van der Waals surface area contributed by atoms with E-state index in [2.05, 4.69) is 10.6 Å². The van der Waals surface area contributed by atoms with E-state index < -0.39 is 11.8 Å². The SMILES string of the molecule is CCCNC(=O)C(=O)N[C@H](C)c1ccccc1. The van der Waals surface area contributed by atoms with Crippen LogP contribution in [-0.4, -0.2) is 18.4 Å². The van der Waals surface area contributed by atoms with Gasteiger partial charge in [0.25, 0.3) is 0 Å². The number of rotatable bonds is 4. The first-order valence-electron chi connectivity index (χ1n) is 5.78. The third kappa shape index (κ3) is 4.26. The van der Waals surface area contributed by atoms with Crippen LogP contribution in [0.4, 0.5) is 0 Å². The zero-order chi connectivity index (χ0) is 12.7. The number of carbonyl (C=O) groups is 2. The Hall–Kier alpha value is -1.84. The molecule has 1 atom stereocenters. The van der Waals surface area contributed by atoms with Crippen LogP contribution in [0.2, 0.25) is 0 Å². The molecule has 1 rings (SSSR count). The number of nitrogens with one attached hydrogen (secondary N) is 2. The van der Waals surface area contributed by atoms with Gasteiger partial charge in [0.05, 0.1) is 6.04 Å². The summed E-state index contributed by atoms with van der Waals surface area (Å²) in [5.74, 6) is -1.16. The Morgan fingerprint density at radius 1 is 1.18 bits per heavy atom. The first-order valence-corrected chi connectivity index (χ1v) is 5.78. The van der Waals surface area contributed by atoms with Crippen LogP contribution >= 0.6 is 0 Å². The summed E-state index contributed by atoms with van der Waals surface area (Å²) >= 11 is 0. The van der Waals surface area contributed by atoms with Crippen molar-refractivity contribution >= 4 is 11.8 Å². The third-order valence-corrected chi connectivity index (χ3v) is 2.39. The van der Waals surface area contributed by atoms with Crippen molar-refractivity contribution in [3.63, 3.8) is 0 Å². The highest BCUT2D eigenvalue weighted by Crippen LogP contribution is 2.10. The minimum absolute atomic E-state index is 0.170. The van der Waals surface area contributed by atoms with Gasteiger partial charge >= 0.3 is 11.8 Å². The molecule has 0 aliphatic heterocycles. The van der Waals surface area contributed by atoms with E-state index in [1.165, 1.54) is 0 Å². The molecular weight excluding hydrogens is 216 g/mol. The van der Waals surface area contributed by atoms with Crippen LogP contribution < -0.4 is 10.6 Å². The van der Waals surface area contributed by atoms with Crippen molar-refractivity contribution in [1.82, 2.24) is 10.6 Å². The number of carbonyl (C=O) groups excluding carboxylic acids is 2. The molecule has 0 radical (unpaired) electrons. The Kier molecular flexibility index (Phi) is 5.20. The van der Waals surface area contributed by atoms with Gasteiger partial charge in [0.15, 0.2) is 0 Å². The molecule has 2 N–H and O–H groups in total. The normalized spacial score (nSPS) is 11.6. The van der Waals surface area contributed by atoms with Gasteiger partial charge in [0, 0.05) is 6.54 Å². The van der Waals surface area contributed by atoms with Crippen molar-refractivity contribution in [2.45, 2.75) is 26.3 Å². The molecule has 4 nitrogen and oxygen atoms in total. The molecule has 0 saturated heterocycles. The Balaban J connectivity index is 2.49. The highest BCUT2D eigenvalue weighted by Gasteiger charge is 2.15. The lowest BCUT2D eigenvalue weighted by Crippen LogP contribution is -2.41. The minimum Gasteiger partial charge on any atom is -0.348 e. The molecule has 17 heavy (non-hydrogen) atoms. The average molecular weight is 234 g/mol. The maximum Gasteiger partial charge on any atom is 0.309 e. The lowest BCUT2D eigenvalue weighted by molar-refractivity contribution is -0.139. The first-order chi connectivity index (χ1) is 8.15. The molecular formula is C13H18N2O2. The smallest absolute Gasteiger partial charge is 0.309 e. The molecule has 92 valence electrons. The largest absolute Gasteiger partial charge is 0.348 e. The summed E-state index contributed by atoms with van der Waals surface area (Å²) in [4.78, 5) is 22.9. The lowest BCUT2D eigenvalue weighted by Gasteiger charge is -2.13. The van der Waals surface area contributed by atoms with Crippen LogP contribution in [0.5, 0.6) is 0 Å². The van der Waals surface area contributed by atoms with Gasteiger partial charge in [0.1, 0.15) is 0 Å². The zero-order valence-corrected chi connectivity index (χ0v) is 10.2. The summed E-state index contributed by atoms with van der Waals surface area (Å²) in [6.45, 7) is 4.30. The van der Waals surface area contributed by atoms with Crippen molar-refractivity contribution in [1.29, 1.82) is 0 Å². The van der Waals surface area contributed by atoms with E-state index in [0.29, 0.717) is 6.54 Å². The predicted molar refractivity (Wildman–Crippen MR) is 66.3 cm³/mol. The summed E-state index contributed by atoms with van der Waals surface area (Å²) in [5, 5.41) is 5.19. The summed E-state index contributed by atoms with van der Waals surface area (Å²) in [6, 6.07) is 9.36. The second-order valence-electron chi connectivity index (χ2n) is 3.86. The fourth-order valence-electron chi connectivity index (χ4n) is 1.41. The van der Waals surface area contributed by atoms with E-state index in [1.807, 2.05) is 44.2 Å². The molecule has 1 aromatic rings. The number of hydrogen-bond donors (Lipinski definition) is 2. The average Bonchev–Trinajstić information content (AvgIpc) is 2.36. The Labute approximate surface area is 101 Å². The van der Waals surface area contributed by atoms with Gasteiger partial charge in [-0.3, -0.25) is 9.59 Å². The molecule has 2 amide bonds. The zero-order valence-electron chi connectivity index (χ0n) is 10.2. The Morgan fingerprint density at radius 3 is 2.41 bits per heavy atom. The molecule has 0 aliphatic rings. The quantitative estimate of drug-likeness (QED) is 0.773. The molecule has 0 aromatic heterocycles. The number of amides is 2. The van der Waals surface area contributed by atoms with Crippen LogP contribution in [-0.2, 0) is 9.59 Å². The van der Waals surface area contributed by atoms with Crippen molar-refractivity contribution in [2.75, 3.05) is 6.54 Å². The monoisotopic (exact) mass is 234 g/mol. The highest BCUT2D eigenvalue weighted by atomic mass is 16.2. The minimum atomic E-state index is -0.588. The van der Waals surface area contributed by atoms with Gasteiger partial charge in [0.2, 0.25) is 0 Å². The van der Waals surface area contributed by atoms with Crippen LogP contribution in [0.25, 0.3) is 0 Å². The predicted octanol–water partition coefficient (Wildman–Crippen LogP) is 1.39. The maximum atomic E-state index is 11.5. The Bertz CT molecular complexity index is 376. The van der Waals surface area contributed by atoms with Gasteiger partial charge in [-0.15, -0.1) is 0 Å². The molecule has 0 fully saturated rings. The topological polar surface area (TPSA) is 58.2 Å². The van der Waals surface area contributed by atoms with E-state index in [-0.39, 0.29) is 6.04 Å². The van der Waals surface area contributed by atoms with E-state index in [9.17, 15) is 9.59 Å². The van der Waals surface area contributed by atoms with Gasteiger partial charge in [-0.2, -0.15) is 0 Å². The van der Waals surface area contributed by atoms with Crippen molar-refractivity contribution in [3.8, 4) is 0 Å². The first kappa shape index (κ1) is 13.2. The fourth-order valence-corrected chi connectivity index (χ4v) is 1.41. The molecule has 0 bridgehead atoms. The van der Waals surface area contributed by atoms with Crippen LogP contribution in [0.3, 0.4) is 0 Å². The van der Waals surface area contributed by atoms with E-state index in [0.717, 1.165) is 12.0 Å². The number of hydrogen-bond acceptors (Lipinski definition) is 2. The van der Waals surface area contributed by atoms with E-state index >= 15 is 0 Å². The van der Waals surface area contributed by atoms with Gasteiger partial charge < -0.3 is 10.6 Å². The Morgan fingerprint density at radius 2 is 1.82 bits per heavy atom. The molecule has 0 unspecified atom stereocenters. The summed E-state index contributed by atoms with van der Waals surface area (Å²) < 4.78 is 0. The van der Waals surface area contributed by atoms with Crippen LogP contribution in [0, 0.1) is 0 Å². The summed E-state index contributed by atoms with van der Waals surface area (Å²) in [5.41, 5.74) is 0.976. The van der Waals surface area contributed by atoms with E-state index in [1.54, 1.807) is 0 Å². The van der Waals surface area contributed by atoms with Crippen molar-refractivity contribution in [3.05, 3.63) is 35.9 Å². The second kappa shape index (κ2) is 6.68. The van der Waals surface area contributed by atoms with Crippen molar-refractivity contribution in [2.24, 2.45) is 0 Å². The molecule has 0 saturated carbocycles. The molecule has 0 aliphatic carbocycles. The van der Waals surface area contributed by atoms with Gasteiger partial charge in [-0.1, -0.05) is 37.3 Å².